The SMILES string of the molecule is CCOc1ccc(S(=O)(=O)N2CCCSCC2)cc1CCl. The predicted molar refractivity (Wildman–Crippen MR) is 87.9 cm³/mol. The predicted octanol–water partition coefficient (Wildman–Crippen LogP) is 2.95. The molecule has 1 aromatic carbocycles. The summed E-state index contributed by atoms with van der Waals surface area (Å²) in [4.78, 5) is 0.300. The van der Waals surface area contributed by atoms with E-state index in [0.717, 1.165) is 17.9 Å². The summed E-state index contributed by atoms with van der Waals surface area (Å²) in [6.07, 6.45) is 0.892. The number of rotatable bonds is 5. The summed E-state index contributed by atoms with van der Waals surface area (Å²) in [5.41, 5.74) is 0.712. The minimum atomic E-state index is -3.44. The van der Waals surface area contributed by atoms with Crippen LogP contribution in [0.5, 0.6) is 5.75 Å². The Morgan fingerprint density at radius 2 is 2.14 bits per heavy atom. The number of ether oxygens (including phenoxy) is 1. The molecule has 118 valence electrons. The fourth-order valence-electron chi connectivity index (χ4n) is 2.23. The molecular weight excluding hydrogens is 330 g/mol. The zero-order chi connectivity index (χ0) is 15.3. The second-order valence-corrected chi connectivity index (χ2v) is 8.14. The number of alkyl halides is 1. The van der Waals surface area contributed by atoms with Gasteiger partial charge in [0, 0.05) is 24.4 Å². The largest absolute Gasteiger partial charge is 0.494 e. The number of hydrogen-bond acceptors (Lipinski definition) is 4. The van der Waals surface area contributed by atoms with Crippen LogP contribution in [0.25, 0.3) is 0 Å². The van der Waals surface area contributed by atoms with Crippen LogP contribution in [0.15, 0.2) is 23.1 Å². The molecule has 1 aliphatic rings. The van der Waals surface area contributed by atoms with E-state index in [1.54, 1.807) is 34.3 Å². The number of halogens is 1. The molecule has 4 nitrogen and oxygen atoms in total. The quantitative estimate of drug-likeness (QED) is 0.767. The fourth-order valence-corrected chi connectivity index (χ4v) is 4.97. The summed E-state index contributed by atoms with van der Waals surface area (Å²) in [6, 6.07) is 4.93. The van der Waals surface area contributed by atoms with Crippen molar-refractivity contribution >= 4 is 33.4 Å². The van der Waals surface area contributed by atoms with Gasteiger partial charge < -0.3 is 4.74 Å². The standard InChI is InChI=1S/C14H20ClNO3S2/c1-2-19-14-5-4-13(10-12(14)11-15)21(17,18)16-6-3-8-20-9-7-16/h4-5,10H,2-3,6-9,11H2,1H3. The lowest BCUT2D eigenvalue weighted by Crippen LogP contribution is -2.33. The van der Waals surface area contributed by atoms with Gasteiger partial charge in [0.15, 0.2) is 0 Å². The number of nitrogens with zero attached hydrogens (tertiary/aromatic N) is 1. The molecule has 1 fully saturated rings. The molecule has 2 rings (SSSR count). The average Bonchev–Trinajstić information content (AvgIpc) is 2.77. The summed E-state index contributed by atoms with van der Waals surface area (Å²) in [6.45, 7) is 3.56. The van der Waals surface area contributed by atoms with Gasteiger partial charge in [-0.3, -0.25) is 0 Å². The molecule has 0 saturated carbocycles. The summed E-state index contributed by atoms with van der Waals surface area (Å²) in [5.74, 6) is 2.74. The van der Waals surface area contributed by atoms with Gasteiger partial charge in [-0.25, -0.2) is 8.42 Å². The van der Waals surface area contributed by atoms with Crippen LogP contribution in [0.4, 0.5) is 0 Å². The van der Waals surface area contributed by atoms with Gasteiger partial charge in [0.2, 0.25) is 10.0 Å². The Morgan fingerprint density at radius 3 is 2.86 bits per heavy atom. The maximum atomic E-state index is 12.7. The molecule has 0 unspecified atom stereocenters. The Hall–Kier alpha value is -0.430. The Balaban J connectivity index is 2.30. The number of sulfonamides is 1. The van der Waals surface area contributed by atoms with Gasteiger partial charge >= 0.3 is 0 Å². The molecule has 1 aromatic rings. The first-order valence-corrected chi connectivity index (χ1v) is 10.1. The highest BCUT2D eigenvalue weighted by Gasteiger charge is 2.26. The van der Waals surface area contributed by atoms with Gasteiger partial charge in [0.1, 0.15) is 5.75 Å². The Labute approximate surface area is 135 Å². The average molecular weight is 350 g/mol. The molecule has 1 heterocycles. The zero-order valence-electron chi connectivity index (χ0n) is 12.0. The molecule has 0 spiro atoms. The maximum absolute atomic E-state index is 12.7. The van der Waals surface area contributed by atoms with Gasteiger partial charge in [-0.15, -0.1) is 11.6 Å². The van der Waals surface area contributed by atoms with Gasteiger partial charge in [-0.1, -0.05) is 0 Å². The number of hydrogen-bond donors (Lipinski definition) is 0. The van der Waals surface area contributed by atoms with E-state index in [2.05, 4.69) is 0 Å². The van der Waals surface area contributed by atoms with E-state index in [4.69, 9.17) is 16.3 Å². The molecule has 1 saturated heterocycles. The van der Waals surface area contributed by atoms with Crippen LogP contribution >= 0.6 is 23.4 Å². The summed E-state index contributed by atoms with van der Waals surface area (Å²) in [5, 5.41) is 0. The molecule has 1 aliphatic heterocycles. The van der Waals surface area contributed by atoms with E-state index in [0.29, 0.717) is 35.9 Å². The van der Waals surface area contributed by atoms with E-state index in [1.807, 2.05) is 6.92 Å². The molecule has 0 radical (unpaired) electrons. The highest BCUT2D eigenvalue weighted by Crippen LogP contribution is 2.27. The van der Waals surface area contributed by atoms with Crippen molar-refractivity contribution in [3.05, 3.63) is 23.8 Å². The van der Waals surface area contributed by atoms with Crippen LogP contribution in [0.2, 0.25) is 0 Å². The Morgan fingerprint density at radius 1 is 1.33 bits per heavy atom. The van der Waals surface area contributed by atoms with E-state index in [1.165, 1.54) is 0 Å². The molecule has 0 aliphatic carbocycles. The summed E-state index contributed by atoms with van der Waals surface area (Å²) in [7, 11) is -3.44. The van der Waals surface area contributed by atoms with Crippen molar-refractivity contribution in [1.29, 1.82) is 0 Å². The lowest BCUT2D eigenvalue weighted by atomic mass is 10.2. The molecule has 0 N–H and O–H groups in total. The molecular formula is C14H20ClNO3S2. The van der Waals surface area contributed by atoms with E-state index in [9.17, 15) is 8.42 Å². The normalized spacial score (nSPS) is 17.4. The molecule has 0 atom stereocenters. The van der Waals surface area contributed by atoms with Crippen molar-refractivity contribution in [2.24, 2.45) is 0 Å². The van der Waals surface area contributed by atoms with Gasteiger partial charge in [0.05, 0.1) is 17.4 Å². The van der Waals surface area contributed by atoms with Crippen molar-refractivity contribution in [2.45, 2.75) is 24.1 Å². The highest BCUT2D eigenvalue weighted by atomic mass is 35.5. The lowest BCUT2D eigenvalue weighted by molar-refractivity contribution is 0.337. The molecule has 21 heavy (non-hydrogen) atoms. The molecule has 7 heteroatoms. The van der Waals surface area contributed by atoms with Crippen molar-refractivity contribution in [3.8, 4) is 5.75 Å². The Bertz CT molecular complexity index is 570. The van der Waals surface area contributed by atoms with Crippen LogP contribution in [-0.2, 0) is 15.9 Å². The van der Waals surface area contributed by atoms with Gasteiger partial charge in [-0.05, 0) is 37.3 Å². The minimum Gasteiger partial charge on any atom is -0.494 e. The summed E-state index contributed by atoms with van der Waals surface area (Å²) >= 11 is 7.71. The first-order valence-electron chi connectivity index (χ1n) is 6.99. The molecule has 0 bridgehead atoms. The Kier molecular flexibility index (Phi) is 6.22. The first-order chi connectivity index (χ1) is 10.1. The smallest absolute Gasteiger partial charge is 0.243 e. The monoisotopic (exact) mass is 349 g/mol. The minimum absolute atomic E-state index is 0.231. The van der Waals surface area contributed by atoms with E-state index in [-0.39, 0.29) is 5.88 Å². The van der Waals surface area contributed by atoms with Crippen molar-refractivity contribution < 1.29 is 13.2 Å². The third-order valence-corrected chi connectivity index (χ3v) is 6.53. The van der Waals surface area contributed by atoms with Crippen molar-refractivity contribution in [2.75, 3.05) is 31.2 Å². The first kappa shape index (κ1) is 16.9. The summed E-state index contributed by atoms with van der Waals surface area (Å²) < 4.78 is 32.5. The second-order valence-electron chi connectivity index (χ2n) is 4.71. The van der Waals surface area contributed by atoms with Crippen LogP contribution < -0.4 is 4.74 Å². The van der Waals surface area contributed by atoms with Crippen LogP contribution in [-0.4, -0.2) is 43.9 Å². The van der Waals surface area contributed by atoms with E-state index >= 15 is 0 Å². The van der Waals surface area contributed by atoms with Crippen LogP contribution in [0.3, 0.4) is 0 Å². The van der Waals surface area contributed by atoms with Crippen molar-refractivity contribution in [3.63, 3.8) is 0 Å². The third-order valence-electron chi connectivity index (χ3n) is 3.29. The number of thioether (sulfide) groups is 1. The fraction of sp³-hybridized carbons (Fsp3) is 0.571. The topological polar surface area (TPSA) is 46.6 Å². The van der Waals surface area contributed by atoms with Gasteiger partial charge in [0.25, 0.3) is 0 Å². The third kappa shape index (κ3) is 4.06. The second kappa shape index (κ2) is 7.72. The van der Waals surface area contributed by atoms with Crippen LogP contribution in [0.1, 0.15) is 18.9 Å². The van der Waals surface area contributed by atoms with Gasteiger partial charge in [-0.2, -0.15) is 16.1 Å². The highest BCUT2D eigenvalue weighted by molar-refractivity contribution is 7.99. The number of benzene rings is 1. The lowest BCUT2D eigenvalue weighted by Gasteiger charge is -2.20. The molecule has 0 amide bonds. The van der Waals surface area contributed by atoms with Crippen molar-refractivity contribution in [1.82, 2.24) is 4.31 Å². The zero-order valence-corrected chi connectivity index (χ0v) is 14.4. The van der Waals surface area contributed by atoms with E-state index < -0.39 is 10.0 Å². The van der Waals surface area contributed by atoms with Crippen LogP contribution in [0, 0.1) is 0 Å². The molecule has 0 aromatic heterocycles. The maximum Gasteiger partial charge on any atom is 0.243 e.